The standard InChI is InChI=1S/C25H25FN3O4S/c26-18-7-4-10-20(15-18)28(23(30)16-22-12-5-13-34-22)24(25(31)27-19-8-1-2-9-19)17-6-3-11-21(14-17)29(32)33/h3-7,10-15,19,24,32H,1-2,8-9,16H2,(H,27,31)/q-1. The lowest BCUT2D eigenvalue weighted by atomic mass is 10.0. The molecule has 2 N–H and O–H groups in total. The Morgan fingerprint density at radius 2 is 1.82 bits per heavy atom. The molecule has 0 aliphatic heterocycles. The highest BCUT2D eigenvalue weighted by molar-refractivity contribution is 7.10. The number of nitrogens with zero attached hydrogens (tertiary/aromatic N) is 2. The largest absolute Gasteiger partial charge is 0.733 e. The van der Waals surface area contributed by atoms with Crippen LogP contribution >= 0.6 is 11.3 Å². The van der Waals surface area contributed by atoms with E-state index >= 15 is 0 Å². The zero-order valence-corrected chi connectivity index (χ0v) is 19.2. The smallest absolute Gasteiger partial charge is 0.248 e. The number of nitrogens with one attached hydrogen (secondary N) is 1. The average molecular weight is 483 g/mol. The molecule has 0 radical (unpaired) electrons. The molecular weight excluding hydrogens is 457 g/mol. The van der Waals surface area contributed by atoms with E-state index in [1.54, 1.807) is 12.1 Å². The monoisotopic (exact) mass is 482 g/mol. The van der Waals surface area contributed by atoms with Crippen LogP contribution in [0.5, 0.6) is 0 Å². The zero-order valence-electron chi connectivity index (χ0n) is 18.4. The first-order valence-electron chi connectivity index (χ1n) is 11.1. The fraction of sp³-hybridized carbons (Fsp3) is 0.280. The van der Waals surface area contributed by atoms with E-state index < -0.39 is 23.7 Å². The molecule has 1 fully saturated rings. The first-order valence-corrected chi connectivity index (χ1v) is 12.0. The van der Waals surface area contributed by atoms with Crippen molar-refractivity contribution in [3.8, 4) is 0 Å². The van der Waals surface area contributed by atoms with Gasteiger partial charge in [0.25, 0.3) is 0 Å². The van der Waals surface area contributed by atoms with E-state index in [9.17, 15) is 24.4 Å². The summed E-state index contributed by atoms with van der Waals surface area (Å²) in [6.45, 7) is 0. The number of halogens is 1. The molecule has 7 nitrogen and oxygen atoms in total. The molecular formula is C25H25FN3O4S-. The second-order valence-electron chi connectivity index (χ2n) is 8.26. The Labute approximate surface area is 201 Å². The van der Waals surface area contributed by atoms with E-state index in [1.807, 2.05) is 17.5 Å². The summed E-state index contributed by atoms with van der Waals surface area (Å²) < 4.78 is 14.2. The van der Waals surface area contributed by atoms with Crippen molar-refractivity contribution in [2.45, 2.75) is 44.2 Å². The van der Waals surface area contributed by atoms with Gasteiger partial charge in [0.15, 0.2) is 0 Å². The highest BCUT2D eigenvalue weighted by Crippen LogP contribution is 2.32. The van der Waals surface area contributed by atoms with Crippen molar-refractivity contribution >= 4 is 34.5 Å². The quantitative estimate of drug-likeness (QED) is 0.443. The van der Waals surface area contributed by atoms with Crippen molar-refractivity contribution in [3.63, 3.8) is 0 Å². The summed E-state index contributed by atoms with van der Waals surface area (Å²) in [7, 11) is 0. The summed E-state index contributed by atoms with van der Waals surface area (Å²) in [5.74, 6) is -1.37. The van der Waals surface area contributed by atoms with Gasteiger partial charge in [0, 0.05) is 16.6 Å². The summed E-state index contributed by atoms with van der Waals surface area (Å²) in [4.78, 5) is 29.3. The Kier molecular flexibility index (Phi) is 7.56. The van der Waals surface area contributed by atoms with Crippen LogP contribution in [-0.2, 0) is 16.0 Å². The lowest BCUT2D eigenvalue weighted by molar-refractivity contribution is -0.127. The maximum Gasteiger partial charge on any atom is 0.248 e. The molecule has 2 aromatic carbocycles. The fourth-order valence-electron chi connectivity index (χ4n) is 4.29. The third-order valence-corrected chi connectivity index (χ3v) is 6.75. The molecule has 1 heterocycles. The molecule has 0 bridgehead atoms. The van der Waals surface area contributed by atoms with Gasteiger partial charge in [0.05, 0.1) is 12.1 Å². The molecule has 1 unspecified atom stereocenters. The Hall–Kier alpha value is -3.27. The van der Waals surface area contributed by atoms with Gasteiger partial charge < -0.3 is 15.8 Å². The van der Waals surface area contributed by atoms with E-state index in [1.165, 1.54) is 52.6 Å². The van der Waals surface area contributed by atoms with Crippen LogP contribution in [0, 0.1) is 11.0 Å². The molecule has 1 aliphatic rings. The first kappa shape index (κ1) is 23.9. The molecule has 9 heteroatoms. The first-order chi connectivity index (χ1) is 16.4. The minimum atomic E-state index is -1.17. The van der Waals surface area contributed by atoms with Crippen LogP contribution in [0.2, 0.25) is 0 Å². The summed E-state index contributed by atoms with van der Waals surface area (Å²) in [5.41, 5.74) is 0.467. The molecule has 1 aromatic heterocycles. The number of hydrogen-bond donors (Lipinski definition) is 2. The lowest BCUT2D eigenvalue weighted by Gasteiger charge is -2.33. The Bertz CT molecular complexity index is 1130. The van der Waals surface area contributed by atoms with Crippen molar-refractivity contribution in [1.29, 1.82) is 0 Å². The molecule has 178 valence electrons. The Morgan fingerprint density at radius 3 is 2.50 bits per heavy atom. The third-order valence-electron chi connectivity index (χ3n) is 5.88. The van der Waals surface area contributed by atoms with E-state index in [-0.39, 0.29) is 29.1 Å². The van der Waals surface area contributed by atoms with Gasteiger partial charge in [-0.25, -0.2) is 4.39 Å². The van der Waals surface area contributed by atoms with E-state index in [2.05, 4.69) is 5.32 Å². The number of anilines is 2. The second kappa shape index (κ2) is 10.8. The van der Waals surface area contributed by atoms with Gasteiger partial charge in [-0.2, -0.15) is 0 Å². The SMILES string of the molecule is O=C(NC1CCCC1)C(c1cccc(N([O-])O)c1)N(C(=O)Cc1cccs1)c1cccc(F)c1. The molecule has 0 saturated heterocycles. The van der Waals surface area contributed by atoms with Gasteiger partial charge in [-0.05, 0) is 60.2 Å². The molecule has 3 aromatic rings. The molecule has 34 heavy (non-hydrogen) atoms. The van der Waals surface area contributed by atoms with Crippen molar-refractivity contribution in [1.82, 2.24) is 5.32 Å². The topological polar surface area (TPSA) is 95.9 Å². The van der Waals surface area contributed by atoms with Crippen molar-refractivity contribution < 1.29 is 19.2 Å². The molecule has 2 amide bonds. The normalized spacial score (nSPS) is 14.6. The van der Waals surface area contributed by atoms with Gasteiger partial charge in [0.1, 0.15) is 11.9 Å². The van der Waals surface area contributed by atoms with Crippen molar-refractivity contribution in [2.24, 2.45) is 0 Å². The summed E-state index contributed by atoms with van der Waals surface area (Å²) in [6, 6.07) is 13.9. The number of carbonyl (C=O) groups excluding carboxylic acids is 2. The zero-order chi connectivity index (χ0) is 24.1. The number of carbonyl (C=O) groups is 2. The van der Waals surface area contributed by atoms with Gasteiger partial charge in [0.2, 0.25) is 11.8 Å². The minimum Gasteiger partial charge on any atom is -0.733 e. The molecule has 1 atom stereocenters. The molecule has 1 saturated carbocycles. The van der Waals surface area contributed by atoms with Gasteiger partial charge >= 0.3 is 0 Å². The van der Waals surface area contributed by atoms with E-state index in [0.717, 1.165) is 30.6 Å². The number of rotatable bonds is 8. The van der Waals surface area contributed by atoms with Crippen LogP contribution < -0.4 is 15.4 Å². The van der Waals surface area contributed by atoms with Crippen LogP contribution in [0.1, 0.15) is 42.2 Å². The maximum absolute atomic E-state index is 14.2. The Morgan fingerprint density at radius 1 is 1.09 bits per heavy atom. The molecule has 0 spiro atoms. The van der Waals surface area contributed by atoms with Crippen LogP contribution in [0.15, 0.2) is 66.0 Å². The third kappa shape index (κ3) is 5.61. The van der Waals surface area contributed by atoms with Crippen LogP contribution in [0.25, 0.3) is 0 Å². The highest BCUT2D eigenvalue weighted by Gasteiger charge is 2.34. The number of hydrogen-bond acceptors (Lipinski definition) is 6. The lowest BCUT2D eigenvalue weighted by Crippen LogP contribution is -2.47. The number of benzene rings is 2. The van der Waals surface area contributed by atoms with Crippen molar-refractivity contribution in [3.05, 3.63) is 87.5 Å². The van der Waals surface area contributed by atoms with E-state index in [4.69, 9.17) is 0 Å². The number of thiophene rings is 1. The van der Waals surface area contributed by atoms with Gasteiger partial charge in [-0.15, -0.1) is 11.3 Å². The van der Waals surface area contributed by atoms with Gasteiger partial charge in [-0.3, -0.25) is 19.7 Å². The predicted octanol–water partition coefficient (Wildman–Crippen LogP) is 4.96. The van der Waals surface area contributed by atoms with Crippen LogP contribution in [0.4, 0.5) is 15.8 Å². The van der Waals surface area contributed by atoms with Gasteiger partial charge in [-0.1, -0.05) is 37.1 Å². The summed E-state index contributed by atoms with van der Waals surface area (Å²) >= 11 is 1.41. The summed E-state index contributed by atoms with van der Waals surface area (Å²) in [5, 5.41) is 25.5. The minimum absolute atomic E-state index is 0.0196. The Balaban J connectivity index is 1.79. The average Bonchev–Trinajstić information content (AvgIpc) is 3.51. The van der Waals surface area contributed by atoms with Crippen LogP contribution in [-0.4, -0.2) is 23.1 Å². The maximum atomic E-state index is 14.2. The van der Waals surface area contributed by atoms with Crippen molar-refractivity contribution in [2.75, 3.05) is 10.1 Å². The highest BCUT2D eigenvalue weighted by atomic mass is 32.1. The molecule has 1 aliphatic carbocycles. The fourth-order valence-corrected chi connectivity index (χ4v) is 4.99. The predicted molar refractivity (Wildman–Crippen MR) is 129 cm³/mol. The number of amides is 2. The second-order valence-corrected chi connectivity index (χ2v) is 9.29. The summed E-state index contributed by atoms with van der Waals surface area (Å²) in [6.07, 6.45) is 3.71. The molecule has 4 rings (SSSR count). The van der Waals surface area contributed by atoms with E-state index in [0.29, 0.717) is 5.56 Å². The van der Waals surface area contributed by atoms with Crippen LogP contribution in [0.3, 0.4) is 0 Å².